The predicted octanol–water partition coefficient (Wildman–Crippen LogP) is -0.721. The van der Waals surface area contributed by atoms with Crippen molar-refractivity contribution in [2.24, 2.45) is 28.3 Å². The number of amides is 2. The molecule has 12 nitrogen and oxygen atoms in total. The Bertz CT molecular complexity index is 783. The third-order valence-corrected chi connectivity index (χ3v) is 6.35. The first-order chi connectivity index (χ1) is 16.9. The molecular formula is C24H44N6O6. The highest BCUT2D eigenvalue weighted by atomic mass is 16.5. The molecule has 7 N–H and O–H groups in total. The summed E-state index contributed by atoms with van der Waals surface area (Å²) < 4.78 is 4.71. The molecule has 5 atom stereocenters. The first kappa shape index (κ1) is 31.3. The standard InChI is InChI=1S/C24H44N6O6/c1-14(2)12-18(27-4)22(34)30-11-7-9-19(30)21(33)29-17(8-6-10-28-24(25)26)20(32)13-16(15(3)31)23(35)36-5/h14-19,27,31H,6-13H2,1-5H3,(H,29,33)(H4,25,26,28)/t15?,16-,17-,18-,19-/m0/s1. The molecule has 36 heavy (non-hydrogen) atoms. The van der Waals surface area contributed by atoms with Crippen LogP contribution in [0.2, 0.25) is 0 Å². The number of aliphatic imine (C=N–C) groups is 1. The third-order valence-electron chi connectivity index (χ3n) is 6.35. The molecule has 1 unspecified atom stereocenters. The molecule has 206 valence electrons. The Kier molecular flexibility index (Phi) is 13.4. The normalized spacial score (nSPS) is 18.8. The van der Waals surface area contributed by atoms with E-state index in [2.05, 4.69) is 15.6 Å². The van der Waals surface area contributed by atoms with Gasteiger partial charge in [0.25, 0.3) is 0 Å². The molecular weight excluding hydrogens is 468 g/mol. The van der Waals surface area contributed by atoms with Crippen molar-refractivity contribution in [3.8, 4) is 0 Å². The zero-order valence-electron chi connectivity index (χ0n) is 22.2. The number of hydrogen-bond donors (Lipinski definition) is 5. The number of guanidine groups is 1. The second-order valence-electron chi connectivity index (χ2n) is 9.71. The Morgan fingerprint density at radius 1 is 1.17 bits per heavy atom. The lowest BCUT2D eigenvalue weighted by Gasteiger charge is -2.30. The number of ether oxygens (including phenoxy) is 1. The highest BCUT2D eigenvalue weighted by Gasteiger charge is 2.38. The van der Waals surface area contributed by atoms with E-state index in [9.17, 15) is 24.3 Å². The van der Waals surface area contributed by atoms with Crippen LogP contribution < -0.4 is 22.1 Å². The van der Waals surface area contributed by atoms with Crippen molar-refractivity contribution in [2.45, 2.75) is 83.5 Å². The smallest absolute Gasteiger partial charge is 0.311 e. The van der Waals surface area contributed by atoms with Crippen LogP contribution in [0.25, 0.3) is 0 Å². The fraction of sp³-hybridized carbons (Fsp3) is 0.792. The van der Waals surface area contributed by atoms with Crippen molar-refractivity contribution in [3.05, 3.63) is 0 Å². The molecule has 0 aromatic heterocycles. The van der Waals surface area contributed by atoms with Gasteiger partial charge in [0.15, 0.2) is 11.7 Å². The summed E-state index contributed by atoms with van der Waals surface area (Å²) in [6.07, 6.45) is 1.02. The van der Waals surface area contributed by atoms with E-state index in [-0.39, 0.29) is 31.3 Å². The third kappa shape index (κ3) is 9.73. The molecule has 1 heterocycles. The molecule has 1 fully saturated rings. The van der Waals surface area contributed by atoms with Crippen molar-refractivity contribution >= 4 is 29.5 Å². The van der Waals surface area contributed by atoms with E-state index < -0.39 is 47.8 Å². The lowest BCUT2D eigenvalue weighted by atomic mass is 9.92. The molecule has 0 aromatic carbocycles. The number of hydrogen-bond acceptors (Lipinski definition) is 8. The summed E-state index contributed by atoms with van der Waals surface area (Å²) in [5.41, 5.74) is 10.7. The Morgan fingerprint density at radius 2 is 1.83 bits per heavy atom. The van der Waals surface area contributed by atoms with Gasteiger partial charge in [-0.2, -0.15) is 0 Å². The van der Waals surface area contributed by atoms with E-state index in [0.29, 0.717) is 38.1 Å². The van der Waals surface area contributed by atoms with Gasteiger partial charge in [-0.05, 0) is 52.0 Å². The van der Waals surface area contributed by atoms with Gasteiger partial charge in [0.2, 0.25) is 11.8 Å². The molecule has 0 aliphatic carbocycles. The number of Topliss-reactive ketones (excluding diaryl/α,β-unsaturated/α-hetero) is 1. The average Bonchev–Trinajstić information content (AvgIpc) is 3.31. The molecule has 1 rings (SSSR count). The maximum absolute atomic E-state index is 13.3. The second-order valence-corrected chi connectivity index (χ2v) is 9.71. The van der Waals surface area contributed by atoms with Gasteiger partial charge in [-0.25, -0.2) is 0 Å². The van der Waals surface area contributed by atoms with E-state index in [0.717, 1.165) is 0 Å². The number of aliphatic hydroxyl groups excluding tert-OH is 1. The van der Waals surface area contributed by atoms with Crippen LogP contribution in [0.1, 0.15) is 59.3 Å². The van der Waals surface area contributed by atoms with Gasteiger partial charge >= 0.3 is 5.97 Å². The summed E-state index contributed by atoms with van der Waals surface area (Å²) >= 11 is 0. The van der Waals surface area contributed by atoms with Gasteiger partial charge in [0.05, 0.1) is 31.2 Å². The fourth-order valence-electron chi connectivity index (χ4n) is 4.36. The molecule has 1 aliphatic heterocycles. The molecule has 0 aromatic rings. The number of methoxy groups -OCH3 is 1. The number of nitrogens with two attached hydrogens (primary N) is 2. The summed E-state index contributed by atoms with van der Waals surface area (Å²) in [5, 5.41) is 15.8. The number of carbonyl (C=O) groups is 4. The first-order valence-corrected chi connectivity index (χ1v) is 12.5. The van der Waals surface area contributed by atoms with Crippen LogP contribution in [-0.4, -0.2) is 91.0 Å². The second kappa shape index (κ2) is 15.4. The quantitative estimate of drug-likeness (QED) is 0.0815. The van der Waals surface area contributed by atoms with Gasteiger partial charge in [-0.15, -0.1) is 0 Å². The summed E-state index contributed by atoms with van der Waals surface area (Å²) in [7, 11) is 2.90. The molecule has 12 heteroatoms. The van der Waals surface area contributed by atoms with Gasteiger partial charge < -0.3 is 36.8 Å². The number of nitrogens with one attached hydrogen (secondary N) is 2. The lowest BCUT2D eigenvalue weighted by Crippen LogP contribution is -2.54. The Labute approximate surface area is 213 Å². The average molecular weight is 513 g/mol. The van der Waals surface area contributed by atoms with Crippen molar-refractivity contribution in [1.29, 1.82) is 0 Å². The molecule has 0 saturated carbocycles. The van der Waals surface area contributed by atoms with Crippen molar-refractivity contribution in [1.82, 2.24) is 15.5 Å². The number of likely N-dealkylation sites (tertiary alicyclic amines) is 1. The van der Waals surface area contributed by atoms with E-state index in [1.165, 1.54) is 14.0 Å². The topological polar surface area (TPSA) is 189 Å². The fourth-order valence-corrected chi connectivity index (χ4v) is 4.36. The summed E-state index contributed by atoms with van der Waals surface area (Å²) in [4.78, 5) is 57.1. The molecule has 0 bridgehead atoms. The maximum atomic E-state index is 13.3. The van der Waals surface area contributed by atoms with Crippen LogP contribution in [0.3, 0.4) is 0 Å². The molecule has 1 aliphatic rings. The Morgan fingerprint density at radius 3 is 2.36 bits per heavy atom. The highest BCUT2D eigenvalue weighted by molar-refractivity contribution is 5.95. The SMILES string of the molecule is CN[C@@H](CC(C)C)C(=O)N1CCC[C@H]1C(=O)N[C@@H](CCCN=C(N)N)C(=O)C[C@H](C(=O)OC)C(C)O. The molecule has 2 amide bonds. The Balaban J connectivity index is 3.02. The number of aliphatic hydroxyl groups is 1. The zero-order chi connectivity index (χ0) is 27.4. The number of esters is 1. The minimum Gasteiger partial charge on any atom is -0.469 e. The highest BCUT2D eigenvalue weighted by Crippen LogP contribution is 2.21. The maximum Gasteiger partial charge on any atom is 0.311 e. The van der Waals surface area contributed by atoms with E-state index in [4.69, 9.17) is 16.2 Å². The first-order valence-electron chi connectivity index (χ1n) is 12.5. The molecule has 0 spiro atoms. The van der Waals surface area contributed by atoms with Gasteiger partial charge in [0.1, 0.15) is 6.04 Å². The van der Waals surface area contributed by atoms with E-state index in [1.54, 1.807) is 11.9 Å². The molecule has 1 saturated heterocycles. The monoisotopic (exact) mass is 512 g/mol. The summed E-state index contributed by atoms with van der Waals surface area (Å²) in [6.45, 7) is 6.17. The number of rotatable bonds is 15. The minimum absolute atomic E-state index is 0.0811. The summed E-state index contributed by atoms with van der Waals surface area (Å²) in [5.74, 6) is -2.54. The minimum atomic E-state index is -1.11. The van der Waals surface area contributed by atoms with Crippen molar-refractivity contribution < 1.29 is 29.0 Å². The largest absolute Gasteiger partial charge is 0.469 e. The van der Waals surface area contributed by atoms with Crippen LogP contribution in [0, 0.1) is 11.8 Å². The van der Waals surface area contributed by atoms with Crippen molar-refractivity contribution in [2.75, 3.05) is 27.2 Å². The summed E-state index contributed by atoms with van der Waals surface area (Å²) in [6, 6.07) is -2.03. The van der Waals surface area contributed by atoms with Gasteiger partial charge in [-0.1, -0.05) is 13.8 Å². The van der Waals surface area contributed by atoms with Crippen LogP contribution in [0.5, 0.6) is 0 Å². The number of carbonyl (C=O) groups excluding carboxylic acids is 4. The van der Waals surface area contributed by atoms with E-state index in [1.807, 2.05) is 13.8 Å². The number of nitrogens with zero attached hydrogens (tertiary/aromatic N) is 2. The lowest BCUT2D eigenvalue weighted by molar-refractivity contribution is -0.151. The van der Waals surface area contributed by atoms with Crippen LogP contribution >= 0.6 is 0 Å². The predicted molar refractivity (Wildman–Crippen MR) is 136 cm³/mol. The Hall–Kier alpha value is -2.73. The number of likely N-dealkylation sites (N-methyl/N-ethyl adjacent to an activating group) is 1. The van der Waals surface area contributed by atoms with E-state index >= 15 is 0 Å². The van der Waals surface area contributed by atoms with Gasteiger partial charge in [-0.3, -0.25) is 24.2 Å². The van der Waals surface area contributed by atoms with Gasteiger partial charge in [0, 0.05) is 19.5 Å². The number of ketones is 1. The molecule has 0 radical (unpaired) electrons. The van der Waals surface area contributed by atoms with Crippen LogP contribution in [0.4, 0.5) is 0 Å². The van der Waals surface area contributed by atoms with Crippen LogP contribution in [-0.2, 0) is 23.9 Å². The van der Waals surface area contributed by atoms with Crippen LogP contribution in [0.15, 0.2) is 4.99 Å². The zero-order valence-corrected chi connectivity index (χ0v) is 22.2. The van der Waals surface area contributed by atoms with Crippen molar-refractivity contribution in [3.63, 3.8) is 0 Å².